The van der Waals surface area contributed by atoms with Gasteiger partial charge < -0.3 is 42.7 Å². The third-order valence-electron chi connectivity index (χ3n) is 20.3. The minimum absolute atomic E-state index is 0. The van der Waals surface area contributed by atoms with Gasteiger partial charge in [-0.1, -0.05) is 42.2 Å². The maximum Gasteiger partial charge on any atom is 0.174 e. The molecule has 0 N–H and O–H groups in total. The Labute approximate surface area is 357 Å². The van der Waals surface area contributed by atoms with Gasteiger partial charge in [0.2, 0.25) is 0 Å². The normalized spacial score (nSPS) is 48.4. The van der Waals surface area contributed by atoms with Crippen LogP contribution in [-0.4, -0.2) is 82.3 Å². The summed E-state index contributed by atoms with van der Waals surface area (Å²) in [5.41, 5.74) is 0.401. The van der Waals surface area contributed by atoms with Crippen LogP contribution in [0.3, 0.4) is 0 Å². The lowest BCUT2D eigenvalue weighted by Crippen LogP contribution is -2.59. The molecule has 9 heteroatoms. The van der Waals surface area contributed by atoms with Gasteiger partial charge in [0, 0.05) is 54.8 Å². The molecule has 0 aromatic rings. The fourth-order valence-electron chi connectivity index (χ4n) is 17.7. The van der Waals surface area contributed by atoms with Crippen molar-refractivity contribution in [2.75, 3.05) is 52.9 Å². The molecule has 12 aliphatic rings. The highest BCUT2D eigenvalue weighted by Crippen LogP contribution is 2.72. The quantitative estimate of drug-likeness (QED) is 0.199. The van der Waals surface area contributed by atoms with E-state index in [9.17, 15) is 4.79 Å². The SMILES string of the molecule is C.C.C.C=C[C@]12CCC3(C[C@H]1CC[C@@H]1[C@@H]2CC[C@@]2(C)[C@H]1CCC21OCCO1)OCCO3.C[C@]12CC[C@H]3[C@@H](CC[C@@H]4CC5(CC[C@@]43C=O)OCCO5)[C@@H]1CCC21OCCO1. The number of rotatable bonds is 2. The van der Waals surface area contributed by atoms with E-state index in [1.807, 2.05) is 0 Å². The van der Waals surface area contributed by atoms with E-state index in [1.165, 1.54) is 57.7 Å². The summed E-state index contributed by atoms with van der Waals surface area (Å²) in [4.78, 5) is 12.7. The fraction of sp³-hybridized carbons (Fsp3) is 0.940. The molecule has 8 aliphatic carbocycles. The molecule has 4 saturated heterocycles. The van der Waals surface area contributed by atoms with Crippen LogP contribution in [-0.2, 0) is 42.7 Å². The summed E-state index contributed by atoms with van der Waals surface area (Å²) in [5.74, 6) is 3.81. The number of hydrogen-bond donors (Lipinski definition) is 0. The Bertz CT molecular complexity index is 1410. The first-order chi connectivity index (χ1) is 27.1. The number of aldehydes is 1. The van der Waals surface area contributed by atoms with E-state index in [2.05, 4.69) is 26.5 Å². The van der Waals surface area contributed by atoms with Crippen LogP contribution in [0.2, 0.25) is 0 Å². The first kappa shape index (κ1) is 44.7. The zero-order valence-electron chi connectivity index (χ0n) is 34.5. The van der Waals surface area contributed by atoms with Crippen LogP contribution in [0.4, 0.5) is 0 Å². The van der Waals surface area contributed by atoms with Gasteiger partial charge >= 0.3 is 0 Å². The zero-order valence-corrected chi connectivity index (χ0v) is 34.5. The van der Waals surface area contributed by atoms with Crippen molar-refractivity contribution in [3.8, 4) is 0 Å². The van der Waals surface area contributed by atoms with Gasteiger partial charge in [-0.3, -0.25) is 0 Å². The maximum absolute atomic E-state index is 12.7. The summed E-state index contributed by atoms with van der Waals surface area (Å²) in [6.45, 7) is 15.3. The first-order valence-corrected chi connectivity index (χ1v) is 23.3. The van der Waals surface area contributed by atoms with Gasteiger partial charge in [0.05, 0.1) is 52.9 Å². The van der Waals surface area contributed by atoms with E-state index in [0.717, 1.165) is 122 Å². The second-order valence-electron chi connectivity index (χ2n) is 21.4. The monoisotopic (exact) mass is 827 g/mol. The minimum Gasteiger partial charge on any atom is -0.348 e. The second kappa shape index (κ2) is 15.7. The van der Waals surface area contributed by atoms with Gasteiger partial charge in [0.1, 0.15) is 6.29 Å². The number of hydrogen-bond acceptors (Lipinski definition) is 9. The Morgan fingerprint density at radius 3 is 1.24 bits per heavy atom. The minimum atomic E-state index is -0.393. The van der Waals surface area contributed by atoms with E-state index in [0.29, 0.717) is 42.8 Å². The number of carbonyl (C=O) groups excluding carboxylic acids is 1. The highest BCUT2D eigenvalue weighted by Gasteiger charge is 2.70. The maximum atomic E-state index is 12.7. The van der Waals surface area contributed by atoms with Crippen molar-refractivity contribution >= 4 is 6.29 Å². The average molecular weight is 827 g/mol. The largest absolute Gasteiger partial charge is 0.348 e. The first-order valence-electron chi connectivity index (χ1n) is 23.3. The third-order valence-corrected chi connectivity index (χ3v) is 20.3. The molecule has 9 nitrogen and oxygen atoms in total. The molecular formula is C50H82O9. The predicted molar refractivity (Wildman–Crippen MR) is 227 cm³/mol. The Morgan fingerprint density at radius 2 is 0.814 bits per heavy atom. The van der Waals surface area contributed by atoms with Gasteiger partial charge in [-0.25, -0.2) is 0 Å². The molecule has 0 radical (unpaired) electrons. The van der Waals surface area contributed by atoms with Crippen molar-refractivity contribution < 1.29 is 42.7 Å². The van der Waals surface area contributed by atoms with Crippen LogP contribution in [0, 0.1) is 69.0 Å². The Morgan fingerprint density at radius 1 is 0.441 bits per heavy atom. The molecule has 0 aromatic heterocycles. The van der Waals surface area contributed by atoms with Crippen LogP contribution in [0.1, 0.15) is 152 Å². The lowest BCUT2D eigenvalue weighted by Gasteiger charge is -2.62. The van der Waals surface area contributed by atoms with E-state index < -0.39 is 5.79 Å². The summed E-state index contributed by atoms with van der Waals surface area (Å²) in [6, 6.07) is 0. The molecule has 0 unspecified atom stereocenters. The van der Waals surface area contributed by atoms with Gasteiger partial charge in [0.15, 0.2) is 23.1 Å². The Balaban J connectivity index is 0.000000156. The van der Waals surface area contributed by atoms with Crippen molar-refractivity contribution in [1.82, 2.24) is 0 Å². The molecule has 0 bridgehead atoms. The molecule has 59 heavy (non-hydrogen) atoms. The van der Waals surface area contributed by atoms with Gasteiger partial charge in [-0.15, -0.1) is 6.58 Å². The highest BCUT2D eigenvalue weighted by molar-refractivity contribution is 5.62. The molecule has 12 atom stereocenters. The fourth-order valence-corrected chi connectivity index (χ4v) is 17.7. The average Bonchev–Trinajstić information content (AvgIpc) is 4.09. The van der Waals surface area contributed by atoms with Crippen molar-refractivity contribution in [1.29, 1.82) is 0 Å². The molecular weight excluding hydrogens is 745 g/mol. The van der Waals surface area contributed by atoms with Crippen LogP contribution >= 0.6 is 0 Å². The number of ether oxygens (including phenoxy) is 8. The van der Waals surface area contributed by atoms with E-state index >= 15 is 0 Å². The van der Waals surface area contributed by atoms with Crippen molar-refractivity contribution in [3.05, 3.63) is 12.7 Å². The molecule has 12 fully saturated rings. The van der Waals surface area contributed by atoms with Crippen molar-refractivity contribution in [3.63, 3.8) is 0 Å². The number of carbonyl (C=O) groups is 1. The van der Waals surface area contributed by atoms with Crippen molar-refractivity contribution in [2.24, 2.45) is 69.0 Å². The van der Waals surface area contributed by atoms with E-state index in [-0.39, 0.29) is 61.3 Å². The second-order valence-corrected chi connectivity index (χ2v) is 21.4. The highest BCUT2D eigenvalue weighted by atomic mass is 16.8. The topological polar surface area (TPSA) is 90.9 Å². The summed E-state index contributed by atoms with van der Waals surface area (Å²) < 4.78 is 49.4. The lowest BCUT2D eigenvalue weighted by molar-refractivity contribution is -0.255. The standard InChI is InChI=1S/C24H36O4.C23H34O5.3CH4/c1-3-22-10-11-23(25-12-13-26-23)16-17(22)4-5-18-19-7-9-24(27-14-15-28-24)21(19,2)8-6-20(18)22;1-20-6-4-19-17(18(20)5-7-23(20)27-12-13-28-23)3-2-16-14-22(25-10-11-26-22)9-8-21(16,19)15-24;;;/h3,17-20H,1,4-16H2,2H3;15-19H,2-14H2,1H3;3*1H4/t17-,18+,19+,20+,21+,22+;16-,17+,18+,19+,20+,21-;;;/m11.../s1. The van der Waals surface area contributed by atoms with Gasteiger partial charge in [-0.05, 0) is 130 Å². The molecule has 8 saturated carbocycles. The molecule has 0 amide bonds. The van der Waals surface area contributed by atoms with Crippen LogP contribution < -0.4 is 0 Å². The van der Waals surface area contributed by atoms with Gasteiger partial charge in [0.25, 0.3) is 0 Å². The molecule has 12 rings (SSSR count). The number of fused-ring (bicyclic) bond motifs is 12. The number of allylic oxidation sites excluding steroid dienone is 1. The van der Waals surface area contributed by atoms with Crippen molar-refractivity contribution in [2.45, 2.75) is 175 Å². The van der Waals surface area contributed by atoms with Crippen LogP contribution in [0.5, 0.6) is 0 Å². The summed E-state index contributed by atoms with van der Waals surface area (Å²) in [7, 11) is 0. The van der Waals surface area contributed by atoms with E-state index in [1.54, 1.807) is 0 Å². The third kappa shape index (κ3) is 6.06. The molecule has 336 valence electrons. The summed E-state index contributed by atoms with van der Waals surface area (Å²) >= 11 is 0. The Hall–Kier alpha value is -0.910. The van der Waals surface area contributed by atoms with E-state index in [4.69, 9.17) is 37.9 Å². The smallest absolute Gasteiger partial charge is 0.174 e. The molecule has 4 heterocycles. The zero-order chi connectivity index (χ0) is 38.1. The summed E-state index contributed by atoms with van der Waals surface area (Å²) in [6.07, 6.45) is 24.1. The Kier molecular flexibility index (Phi) is 11.9. The molecule has 4 aliphatic heterocycles. The van der Waals surface area contributed by atoms with Crippen LogP contribution in [0.15, 0.2) is 12.7 Å². The molecule has 4 spiro atoms. The van der Waals surface area contributed by atoms with Crippen LogP contribution in [0.25, 0.3) is 0 Å². The summed E-state index contributed by atoms with van der Waals surface area (Å²) in [5, 5.41) is 0. The van der Waals surface area contributed by atoms with Gasteiger partial charge in [-0.2, -0.15) is 0 Å². The lowest BCUT2D eigenvalue weighted by atomic mass is 9.44. The molecule has 0 aromatic carbocycles. The predicted octanol–water partition coefficient (Wildman–Crippen LogP) is 10.3.